The SMILES string of the molecule is Cc1ccc(S(=O)(=O)NCCc2ccc(OC(F)F)cc2)cc1C. The molecule has 0 spiro atoms. The fourth-order valence-electron chi connectivity index (χ4n) is 2.13. The van der Waals surface area contributed by atoms with Crippen LogP contribution in [-0.2, 0) is 16.4 Å². The maximum Gasteiger partial charge on any atom is 0.387 e. The standard InChI is InChI=1S/C17H19F2NO3S/c1-12-3-8-16(11-13(12)2)24(21,22)20-10-9-14-4-6-15(7-5-14)23-17(18)19/h3-8,11,17,20H,9-10H2,1-2H3. The van der Waals surface area contributed by atoms with Crippen molar-refractivity contribution < 1.29 is 21.9 Å². The van der Waals surface area contributed by atoms with Crippen LogP contribution < -0.4 is 9.46 Å². The summed E-state index contributed by atoms with van der Waals surface area (Å²) in [6.07, 6.45) is 0.443. The highest BCUT2D eigenvalue weighted by Crippen LogP contribution is 2.16. The second-order valence-corrected chi connectivity index (χ2v) is 7.18. The molecule has 4 nitrogen and oxygen atoms in total. The lowest BCUT2D eigenvalue weighted by atomic mass is 10.1. The van der Waals surface area contributed by atoms with Gasteiger partial charge in [0, 0.05) is 6.54 Å². The summed E-state index contributed by atoms with van der Waals surface area (Å²) in [7, 11) is -3.57. The predicted octanol–water partition coefficient (Wildman–Crippen LogP) is 3.43. The van der Waals surface area contributed by atoms with E-state index in [0.717, 1.165) is 16.7 Å². The summed E-state index contributed by atoms with van der Waals surface area (Å²) in [5.74, 6) is 0.0736. The molecule has 0 aliphatic heterocycles. The first-order chi connectivity index (χ1) is 11.3. The van der Waals surface area contributed by atoms with Gasteiger partial charge in [-0.3, -0.25) is 0 Å². The maximum atomic E-state index is 12.2. The fraction of sp³-hybridized carbons (Fsp3) is 0.294. The van der Waals surface area contributed by atoms with Crippen molar-refractivity contribution in [1.29, 1.82) is 0 Å². The first-order valence-corrected chi connectivity index (χ1v) is 8.87. The number of hydrogen-bond donors (Lipinski definition) is 1. The van der Waals surface area contributed by atoms with Gasteiger partial charge in [-0.25, -0.2) is 13.1 Å². The van der Waals surface area contributed by atoms with Gasteiger partial charge in [0.15, 0.2) is 0 Å². The fourth-order valence-corrected chi connectivity index (χ4v) is 3.25. The minimum atomic E-state index is -3.57. The third kappa shape index (κ3) is 5.01. The topological polar surface area (TPSA) is 55.4 Å². The van der Waals surface area contributed by atoms with Crippen molar-refractivity contribution in [3.63, 3.8) is 0 Å². The summed E-state index contributed by atoms with van der Waals surface area (Å²) in [6, 6.07) is 11.1. The van der Waals surface area contributed by atoms with Gasteiger partial charge in [-0.2, -0.15) is 8.78 Å². The Labute approximate surface area is 140 Å². The Balaban J connectivity index is 1.94. The van der Waals surface area contributed by atoms with E-state index in [4.69, 9.17) is 0 Å². The quantitative estimate of drug-likeness (QED) is 0.828. The smallest absolute Gasteiger partial charge is 0.387 e. The molecule has 0 aromatic heterocycles. The molecular weight excluding hydrogens is 336 g/mol. The summed E-state index contributed by atoms with van der Waals surface area (Å²) >= 11 is 0. The van der Waals surface area contributed by atoms with Crippen molar-refractivity contribution in [3.8, 4) is 5.75 Å². The van der Waals surface area contributed by atoms with Crippen LogP contribution in [0.5, 0.6) is 5.75 Å². The normalized spacial score (nSPS) is 11.7. The Morgan fingerprint density at radius 2 is 1.71 bits per heavy atom. The molecule has 0 saturated heterocycles. The van der Waals surface area contributed by atoms with E-state index in [2.05, 4.69) is 9.46 Å². The number of halogens is 2. The van der Waals surface area contributed by atoms with Gasteiger partial charge >= 0.3 is 6.61 Å². The Hall–Kier alpha value is -1.99. The van der Waals surface area contributed by atoms with Gasteiger partial charge in [-0.05, 0) is 61.2 Å². The third-order valence-corrected chi connectivity index (χ3v) is 5.10. The van der Waals surface area contributed by atoms with Crippen molar-refractivity contribution in [2.24, 2.45) is 0 Å². The molecule has 0 aliphatic rings. The zero-order valence-electron chi connectivity index (χ0n) is 13.4. The van der Waals surface area contributed by atoms with Gasteiger partial charge in [0.2, 0.25) is 10.0 Å². The zero-order valence-corrected chi connectivity index (χ0v) is 14.2. The van der Waals surface area contributed by atoms with Crippen LogP contribution in [0.15, 0.2) is 47.4 Å². The summed E-state index contributed by atoms with van der Waals surface area (Å²) in [4.78, 5) is 0.228. The molecule has 0 aliphatic carbocycles. The number of ether oxygens (including phenoxy) is 1. The second-order valence-electron chi connectivity index (χ2n) is 5.42. The average molecular weight is 355 g/mol. The van der Waals surface area contributed by atoms with E-state index in [-0.39, 0.29) is 17.2 Å². The highest BCUT2D eigenvalue weighted by Gasteiger charge is 2.14. The van der Waals surface area contributed by atoms with Gasteiger partial charge in [-0.15, -0.1) is 0 Å². The number of nitrogens with one attached hydrogen (secondary N) is 1. The van der Waals surface area contributed by atoms with Crippen LogP contribution in [0.4, 0.5) is 8.78 Å². The molecular formula is C17H19F2NO3S. The highest BCUT2D eigenvalue weighted by molar-refractivity contribution is 7.89. The lowest BCUT2D eigenvalue weighted by Crippen LogP contribution is -2.26. The van der Waals surface area contributed by atoms with Crippen LogP contribution in [0.2, 0.25) is 0 Å². The van der Waals surface area contributed by atoms with E-state index in [1.54, 1.807) is 30.3 Å². The third-order valence-electron chi connectivity index (χ3n) is 3.64. The van der Waals surface area contributed by atoms with Crippen LogP contribution in [0.25, 0.3) is 0 Å². The minimum absolute atomic E-state index is 0.0736. The molecule has 0 amide bonds. The Bertz CT molecular complexity index is 790. The summed E-state index contributed by atoms with van der Waals surface area (Å²) in [5, 5.41) is 0. The number of sulfonamides is 1. The molecule has 0 radical (unpaired) electrons. The molecule has 0 heterocycles. The van der Waals surface area contributed by atoms with Gasteiger partial charge in [0.1, 0.15) is 5.75 Å². The molecule has 2 rings (SSSR count). The van der Waals surface area contributed by atoms with E-state index in [1.165, 1.54) is 12.1 Å². The van der Waals surface area contributed by atoms with Crippen LogP contribution in [-0.4, -0.2) is 21.6 Å². The number of aryl methyl sites for hydroxylation is 2. The lowest BCUT2D eigenvalue weighted by Gasteiger charge is -2.09. The molecule has 7 heteroatoms. The summed E-state index contributed by atoms with van der Waals surface area (Å²) < 4.78 is 55.4. The Morgan fingerprint density at radius 3 is 2.29 bits per heavy atom. The van der Waals surface area contributed by atoms with E-state index in [9.17, 15) is 17.2 Å². The van der Waals surface area contributed by atoms with Crippen LogP contribution >= 0.6 is 0 Å². The molecule has 0 unspecified atom stereocenters. The monoisotopic (exact) mass is 355 g/mol. The number of benzene rings is 2. The molecule has 0 saturated carbocycles. The summed E-state index contributed by atoms with van der Waals surface area (Å²) in [5.41, 5.74) is 2.76. The molecule has 2 aromatic carbocycles. The van der Waals surface area contributed by atoms with Crippen molar-refractivity contribution in [1.82, 2.24) is 4.72 Å². The largest absolute Gasteiger partial charge is 0.435 e. The molecule has 2 aromatic rings. The molecule has 1 N–H and O–H groups in total. The molecule has 0 atom stereocenters. The van der Waals surface area contributed by atoms with Crippen LogP contribution in [0, 0.1) is 13.8 Å². The average Bonchev–Trinajstić information content (AvgIpc) is 2.51. The van der Waals surface area contributed by atoms with Crippen molar-refractivity contribution in [2.45, 2.75) is 31.8 Å². The van der Waals surface area contributed by atoms with Gasteiger partial charge in [0.05, 0.1) is 4.90 Å². The predicted molar refractivity (Wildman–Crippen MR) is 87.9 cm³/mol. The van der Waals surface area contributed by atoms with Crippen molar-refractivity contribution >= 4 is 10.0 Å². The van der Waals surface area contributed by atoms with E-state index in [0.29, 0.717) is 6.42 Å². The van der Waals surface area contributed by atoms with Crippen LogP contribution in [0.3, 0.4) is 0 Å². The van der Waals surface area contributed by atoms with Gasteiger partial charge in [0.25, 0.3) is 0 Å². The number of rotatable bonds is 7. The number of alkyl halides is 2. The Kier molecular flexibility index (Phi) is 5.90. The molecule has 24 heavy (non-hydrogen) atoms. The minimum Gasteiger partial charge on any atom is -0.435 e. The van der Waals surface area contributed by atoms with E-state index < -0.39 is 16.6 Å². The lowest BCUT2D eigenvalue weighted by molar-refractivity contribution is -0.0498. The Morgan fingerprint density at radius 1 is 1.04 bits per heavy atom. The molecule has 130 valence electrons. The zero-order chi connectivity index (χ0) is 17.7. The van der Waals surface area contributed by atoms with Gasteiger partial charge in [-0.1, -0.05) is 18.2 Å². The first-order valence-electron chi connectivity index (χ1n) is 7.38. The van der Waals surface area contributed by atoms with Gasteiger partial charge < -0.3 is 4.74 Å². The molecule has 0 bridgehead atoms. The van der Waals surface area contributed by atoms with Crippen molar-refractivity contribution in [2.75, 3.05) is 6.54 Å². The summed E-state index contributed by atoms with van der Waals surface area (Å²) in [6.45, 7) is 1.13. The highest BCUT2D eigenvalue weighted by atomic mass is 32.2. The molecule has 0 fully saturated rings. The first kappa shape index (κ1) is 18.4. The number of hydrogen-bond acceptors (Lipinski definition) is 3. The second kappa shape index (κ2) is 7.72. The van der Waals surface area contributed by atoms with E-state index >= 15 is 0 Å². The maximum absolute atomic E-state index is 12.2. The van der Waals surface area contributed by atoms with Crippen LogP contribution in [0.1, 0.15) is 16.7 Å². The van der Waals surface area contributed by atoms with E-state index in [1.807, 2.05) is 13.8 Å². The van der Waals surface area contributed by atoms with Crippen molar-refractivity contribution in [3.05, 3.63) is 59.2 Å².